The smallest absolute Gasteiger partial charge is 0.305 e. The van der Waals surface area contributed by atoms with Gasteiger partial charge < -0.3 is 4.74 Å². The van der Waals surface area contributed by atoms with Gasteiger partial charge in [0.25, 0.3) is 0 Å². The van der Waals surface area contributed by atoms with Crippen LogP contribution < -0.4 is 0 Å². The van der Waals surface area contributed by atoms with Gasteiger partial charge in [-0.3, -0.25) is 4.79 Å². The summed E-state index contributed by atoms with van der Waals surface area (Å²) in [6.07, 6.45) is 11.7. The lowest BCUT2D eigenvalue weighted by Gasteiger charge is -2.32. The van der Waals surface area contributed by atoms with Crippen LogP contribution >= 0.6 is 0 Å². The van der Waals surface area contributed by atoms with Crippen molar-refractivity contribution in [2.24, 2.45) is 5.41 Å². The molecule has 0 saturated carbocycles. The van der Waals surface area contributed by atoms with E-state index in [9.17, 15) is 4.79 Å². The maximum absolute atomic E-state index is 11.3. The summed E-state index contributed by atoms with van der Waals surface area (Å²) in [5.74, 6) is 6.08. The fourth-order valence-corrected chi connectivity index (χ4v) is 3.57. The lowest BCUT2D eigenvalue weighted by Crippen LogP contribution is -2.18. The molecule has 0 radical (unpaired) electrons. The Hall–Kier alpha value is -2.34. The average molecular weight is 366 g/mol. The van der Waals surface area contributed by atoms with Crippen LogP contribution in [0, 0.1) is 17.3 Å². The molecule has 0 N–H and O–H groups in total. The molecule has 0 spiro atoms. The van der Waals surface area contributed by atoms with Crippen LogP contribution in [0.2, 0.25) is 0 Å². The second-order valence-electron chi connectivity index (χ2n) is 7.74. The zero-order chi connectivity index (χ0) is 19.7. The van der Waals surface area contributed by atoms with Crippen molar-refractivity contribution in [1.82, 2.24) is 4.98 Å². The van der Waals surface area contributed by atoms with Gasteiger partial charge in [-0.1, -0.05) is 37.5 Å². The van der Waals surface area contributed by atoms with Gasteiger partial charge in [-0.2, -0.15) is 0 Å². The van der Waals surface area contributed by atoms with Crippen LogP contribution in [0.4, 0.5) is 0 Å². The third-order valence-corrected chi connectivity index (χ3v) is 5.05. The van der Waals surface area contributed by atoms with E-state index in [2.05, 4.69) is 43.7 Å². The van der Waals surface area contributed by atoms with Crippen LogP contribution in [0.1, 0.15) is 71.1 Å². The second kappa shape index (κ2) is 10.1. The molecule has 144 valence electrons. The van der Waals surface area contributed by atoms with Crippen molar-refractivity contribution in [1.29, 1.82) is 0 Å². The first-order valence-corrected chi connectivity index (χ1v) is 9.91. The minimum atomic E-state index is -0.133. The van der Waals surface area contributed by atoms with Crippen LogP contribution in [0.25, 0.3) is 0 Å². The fourth-order valence-electron chi connectivity index (χ4n) is 3.57. The molecule has 0 unspecified atom stereocenters. The molecule has 0 bridgehead atoms. The standard InChI is InChI=1S/C24H31NO2/c1-5-27-23(26)14-8-11-20-15-16-21(25-18-20)12-6-7-13-22-19(2)10-9-17-24(22,3)4/h7,13,15-16,18H,5,8-11,14,17H2,1-4H3. The van der Waals surface area contributed by atoms with E-state index in [4.69, 9.17) is 4.74 Å². The third kappa shape index (κ3) is 6.71. The summed E-state index contributed by atoms with van der Waals surface area (Å²) in [5, 5.41) is 0. The molecule has 27 heavy (non-hydrogen) atoms. The highest BCUT2D eigenvalue weighted by Gasteiger charge is 2.26. The van der Waals surface area contributed by atoms with Crippen molar-refractivity contribution >= 4 is 5.97 Å². The van der Waals surface area contributed by atoms with Crippen molar-refractivity contribution in [2.75, 3.05) is 6.61 Å². The Balaban J connectivity index is 1.89. The lowest BCUT2D eigenvalue weighted by atomic mass is 9.73. The van der Waals surface area contributed by atoms with Crippen LogP contribution in [0.15, 0.2) is 41.6 Å². The molecule has 0 atom stereocenters. The van der Waals surface area contributed by atoms with Gasteiger partial charge in [-0.25, -0.2) is 4.98 Å². The highest BCUT2D eigenvalue weighted by Crippen LogP contribution is 2.40. The summed E-state index contributed by atoms with van der Waals surface area (Å²) in [7, 11) is 0. The van der Waals surface area contributed by atoms with E-state index in [1.807, 2.05) is 31.3 Å². The Labute approximate surface area is 163 Å². The highest BCUT2D eigenvalue weighted by atomic mass is 16.5. The minimum Gasteiger partial charge on any atom is -0.466 e. The predicted molar refractivity (Wildman–Crippen MR) is 110 cm³/mol. The maximum Gasteiger partial charge on any atom is 0.305 e. The highest BCUT2D eigenvalue weighted by molar-refractivity contribution is 5.69. The number of pyridine rings is 1. The number of esters is 1. The molecule has 1 aliphatic rings. The van der Waals surface area contributed by atoms with Crippen molar-refractivity contribution in [3.8, 4) is 11.8 Å². The monoisotopic (exact) mass is 365 g/mol. The molecule has 1 heterocycles. The van der Waals surface area contributed by atoms with Gasteiger partial charge in [0.15, 0.2) is 0 Å². The van der Waals surface area contributed by atoms with Gasteiger partial charge in [0.1, 0.15) is 5.69 Å². The first-order valence-electron chi connectivity index (χ1n) is 9.91. The minimum absolute atomic E-state index is 0.133. The van der Waals surface area contributed by atoms with E-state index in [-0.39, 0.29) is 11.4 Å². The number of hydrogen-bond acceptors (Lipinski definition) is 3. The number of carbonyl (C=O) groups excluding carboxylic acids is 1. The van der Waals surface area contributed by atoms with Crippen molar-refractivity contribution in [3.63, 3.8) is 0 Å². The molecule has 2 rings (SSSR count). The number of allylic oxidation sites excluding steroid dienone is 4. The normalized spacial score (nSPS) is 16.1. The van der Waals surface area contributed by atoms with Gasteiger partial charge in [-0.15, -0.1) is 0 Å². The van der Waals surface area contributed by atoms with Crippen LogP contribution in [0.3, 0.4) is 0 Å². The number of aromatic nitrogens is 1. The van der Waals surface area contributed by atoms with Gasteiger partial charge in [0.05, 0.1) is 6.61 Å². The maximum atomic E-state index is 11.3. The summed E-state index contributed by atoms with van der Waals surface area (Å²) in [6, 6.07) is 3.97. The zero-order valence-corrected chi connectivity index (χ0v) is 17.1. The molecule has 0 amide bonds. The number of rotatable bonds is 6. The number of hydrogen-bond donors (Lipinski definition) is 0. The molecule has 0 fully saturated rings. The Bertz CT molecular complexity index is 758. The quantitative estimate of drug-likeness (QED) is 0.500. The molecular weight excluding hydrogens is 334 g/mol. The topological polar surface area (TPSA) is 39.2 Å². The molecule has 0 aromatic carbocycles. The van der Waals surface area contributed by atoms with Gasteiger partial charge in [-0.05, 0) is 80.6 Å². The van der Waals surface area contributed by atoms with Crippen molar-refractivity contribution in [3.05, 3.63) is 52.9 Å². The molecule has 1 aromatic rings. The predicted octanol–water partition coefficient (Wildman–Crippen LogP) is 5.40. The molecule has 1 aromatic heterocycles. The first kappa shape index (κ1) is 21.0. The van der Waals surface area contributed by atoms with E-state index >= 15 is 0 Å². The SMILES string of the molecule is CCOC(=O)CCCc1ccc(C#CC=CC2=C(C)CCCC2(C)C)nc1. The van der Waals surface area contributed by atoms with E-state index in [1.54, 1.807) is 0 Å². The van der Waals surface area contributed by atoms with Crippen LogP contribution in [-0.2, 0) is 16.0 Å². The summed E-state index contributed by atoms with van der Waals surface area (Å²) < 4.78 is 4.93. The number of nitrogens with zero attached hydrogens (tertiary/aromatic N) is 1. The number of ether oxygens (including phenoxy) is 1. The molecule has 3 nitrogen and oxygen atoms in total. The van der Waals surface area contributed by atoms with Crippen LogP contribution in [-0.4, -0.2) is 17.6 Å². The lowest BCUT2D eigenvalue weighted by molar-refractivity contribution is -0.143. The summed E-state index contributed by atoms with van der Waals surface area (Å²) in [4.78, 5) is 15.7. The summed E-state index contributed by atoms with van der Waals surface area (Å²) in [6.45, 7) is 9.12. The Kier molecular flexibility index (Phi) is 7.85. The molecule has 0 aliphatic heterocycles. The van der Waals surface area contributed by atoms with Gasteiger partial charge in [0.2, 0.25) is 0 Å². The Morgan fingerprint density at radius 2 is 2.19 bits per heavy atom. The zero-order valence-electron chi connectivity index (χ0n) is 17.1. The molecule has 1 aliphatic carbocycles. The Morgan fingerprint density at radius 3 is 2.85 bits per heavy atom. The van der Waals surface area contributed by atoms with Gasteiger partial charge in [0, 0.05) is 12.6 Å². The number of aryl methyl sites for hydroxylation is 1. The third-order valence-electron chi connectivity index (χ3n) is 5.05. The van der Waals surface area contributed by atoms with Crippen LogP contribution in [0.5, 0.6) is 0 Å². The largest absolute Gasteiger partial charge is 0.466 e. The second-order valence-corrected chi connectivity index (χ2v) is 7.74. The van der Waals surface area contributed by atoms with E-state index in [1.165, 1.54) is 30.4 Å². The van der Waals surface area contributed by atoms with Gasteiger partial charge >= 0.3 is 5.97 Å². The molecule has 3 heteroatoms. The fraction of sp³-hybridized carbons (Fsp3) is 0.500. The Morgan fingerprint density at radius 1 is 1.37 bits per heavy atom. The van der Waals surface area contributed by atoms with E-state index < -0.39 is 0 Å². The molecule has 0 saturated heterocycles. The van der Waals surface area contributed by atoms with Crippen molar-refractivity contribution < 1.29 is 9.53 Å². The number of carbonyl (C=O) groups is 1. The first-order chi connectivity index (χ1) is 12.9. The van der Waals surface area contributed by atoms with E-state index in [0.29, 0.717) is 13.0 Å². The average Bonchev–Trinajstić information content (AvgIpc) is 2.62. The van der Waals surface area contributed by atoms with Crippen molar-refractivity contribution in [2.45, 2.75) is 66.2 Å². The summed E-state index contributed by atoms with van der Waals surface area (Å²) in [5.41, 5.74) is 5.03. The molecular formula is C24H31NO2. The summed E-state index contributed by atoms with van der Waals surface area (Å²) >= 11 is 0. The van der Waals surface area contributed by atoms with E-state index in [0.717, 1.165) is 24.1 Å².